The third-order valence-electron chi connectivity index (χ3n) is 3.53. The van der Waals surface area contributed by atoms with Crippen molar-refractivity contribution in [2.75, 3.05) is 5.73 Å². The predicted octanol–water partition coefficient (Wildman–Crippen LogP) is 2.95. The molecule has 0 spiro atoms. The van der Waals surface area contributed by atoms with Gasteiger partial charge in [0.2, 0.25) is 0 Å². The Morgan fingerprint density at radius 3 is 2.33 bits per heavy atom. The van der Waals surface area contributed by atoms with Gasteiger partial charge in [0.15, 0.2) is 0 Å². The van der Waals surface area contributed by atoms with E-state index in [1.54, 1.807) is 19.1 Å². The number of halogens is 3. The first-order valence-electron chi connectivity index (χ1n) is 7.02. The summed E-state index contributed by atoms with van der Waals surface area (Å²) in [6, 6.07) is 6.57. The van der Waals surface area contributed by atoms with E-state index >= 15 is 0 Å². The second kappa shape index (κ2) is 5.91. The number of nitrogen functional groups attached to an aromatic ring is 1. The molecule has 0 fully saturated rings. The van der Waals surface area contributed by atoms with Crippen LogP contribution < -0.4 is 5.73 Å². The van der Waals surface area contributed by atoms with E-state index in [0.29, 0.717) is 5.56 Å². The average molecular weight is 334 g/mol. The molecular formula is C15H13F3N6. The molecule has 0 saturated heterocycles. The molecule has 0 bridgehead atoms. The summed E-state index contributed by atoms with van der Waals surface area (Å²) >= 11 is 0. The van der Waals surface area contributed by atoms with Gasteiger partial charge in [-0.15, -0.1) is 10.2 Å². The molecule has 1 atom stereocenters. The molecule has 124 valence electrons. The molecule has 2 N–H and O–H groups in total. The van der Waals surface area contributed by atoms with Crippen LogP contribution in [-0.2, 0) is 6.18 Å². The zero-order valence-electron chi connectivity index (χ0n) is 12.6. The summed E-state index contributed by atoms with van der Waals surface area (Å²) in [6.45, 7) is 1.63. The third-order valence-corrected chi connectivity index (χ3v) is 3.53. The van der Waals surface area contributed by atoms with E-state index in [9.17, 15) is 13.2 Å². The second-order valence-electron chi connectivity index (χ2n) is 5.16. The highest BCUT2D eigenvalue weighted by atomic mass is 19.4. The zero-order valence-corrected chi connectivity index (χ0v) is 12.6. The summed E-state index contributed by atoms with van der Waals surface area (Å²) in [5.74, 6) is 0.180. The fraction of sp³-hybridized carbons (Fsp3) is 0.200. The van der Waals surface area contributed by atoms with Gasteiger partial charge in [-0.05, 0) is 42.8 Å². The van der Waals surface area contributed by atoms with Crippen LogP contribution in [0.2, 0.25) is 0 Å². The summed E-state index contributed by atoms with van der Waals surface area (Å²) in [6.07, 6.45) is -1.50. The van der Waals surface area contributed by atoms with Crippen molar-refractivity contribution in [3.8, 4) is 11.4 Å². The van der Waals surface area contributed by atoms with E-state index in [-0.39, 0.29) is 17.2 Å². The molecule has 1 unspecified atom stereocenters. The van der Waals surface area contributed by atoms with E-state index in [1.165, 1.54) is 24.5 Å². The van der Waals surface area contributed by atoms with Crippen molar-refractivity contribution in [3.05, 3.63) is 54.0 Å². The number of hydrogen-bond acceptors (Lipinski definition) is 5. The number of pyridine rings is 1. The van der Waals surface area contributed by atoms with Crippen molar-refractivity contribution in [3.63, 3.8) is 0 Å². The molecule has 3 aromatic heterocycles. The topological polar surface area (TPSA) is 82.5 Å². The summed E-state index contributed by atoms with van der Waals surface area (Å²) in [5, 5.41) is 11.5. The summed E-state index contributed by atoms with van der Waals surface area (Å²) in [4.78, 5) is 3.87. The van der Waals surface area contributed by atoms with Gasteiger partial charge in [0.1, 0.15) is 22.9 Å². The van der Waals surface area contributed by atoms with Crippen LogP contribution in [0.3, 0.4) is 0 Å². The Labute approximate surface area is 135 Å². The van der Waals surface area contributed by atoms with Crippen LogP contribution in [0.5, 0.6) is 0 Å². The minimum Gasteiger partial charge on any atom is -0.382 e. The molecule has 9 heteroatoms. The van der Waals surface area contributed by atoms with Gasteiger partial charge in [-0.2, -0.15) is 18.3 Å². The number of nitrogens with zero attached hydrogens (tertiary/aromatic N) is 5. The van der Waals surface area contributed by atoms with Crippen molar-refractivity contribution in [2.24, 2.45) is 0 Å². The SMILES string of the molecule is CC(c1ccncc1)n1nc(-c2ccc(N)nn2)cc1C(F)(F)F. The van der Waals surface area contributed by atoms with Crippen LogP contribution >= 0.6 is 0 Å². The predicted molar refractivity (Wildman–Crippen MR) is 80.7 cm³/mol. The van der Waals surface area contributed by atoms with Crippen molar-refractivity contribution in [1.82, 2.24) is 25.0 Å². The lowest BCUT2D eigenvalue weighted by atomic mass is 10.1. The van der Waals surface area contributed by atoms with Gasteiger partial charge >= 0.3 is 6.18 Å². The van der Waals surface area contributed by atoms with Gasteiger partial charge in [-0.3, -0.25) is 9.67 Å². The molecule has 6 nitrogen and oxygen atoms in total. The standard InChI is InChI=1S/C15H13F3N6/c1-9(10-4-6-20-7-5-10)24-13(15(16,17)18)8-12(23-24)11-2-3-14(19)22-21-11/h2-9H,1H3,(H2,19,22). The first kappa shape index (κ1) is 15.9. The van der Waals surface area contributed by atoms with Crippen molar-refractivity contribution in [1.29, 1.82) is 0 Å². The molecule has 0 amide bonds. The van der Waals surface area contributed by atoms with Gasteiger partial charge < -0.3 is 5.73 Å². The summed E-state index contributed by atoms with van der Waals surface area (Å²) < 4.78 is 41.1. The Balaban J connectivity index is 2.09. The van der Waals surface area contributed by atoms with Gasteiger partial charge in [0.05, 0.1) is 6.04 Å². The highest BCUT2D eigenvalue weighted by Crippen LogP contribution is 2.34. The van der Waals surface area contributed by atoms with Gasteiger partial charge in [0, 0.05) is 12.4 Å². The first-order chi connectivity index (χ1) is 11.4. The third kappa shape index (κ3) is 3.05. The molecule has 0 saturated carbocycles. The summed E-state index contributed by atoms with van der Waals surface area (Å²) in [5.41, 5.74) is 5.55. The maximum absolute atomic E-state index is 13.4. The number of aromatic nitrogens is 5. The Morgan fingerprint density at radius 2 is 1.75 bits per heavy atom. The van der Waals surface area contributed by atoms with Crippen molar-refractivity contribution < 1.29 is 13.2 Å². The maximum Gasteiger partial charge on any atom is 0.433 e. The highest BCUT2D eigenvalue weighted by molar-refractivity contribution is 5.55. The normalized spacial score (nSPS) is 13.0. The molecule has 0 radical (unpaired) electrons. The Kier molecular flexibility index (Phi) is 3.92. The minimum absolute atomic E-state index is 0.0794. The molecule has 3 heterocycles. The van der Waals surface area contributed by atoms with Crippen molar-refractivity contribution >= 4 is 5.82 Å². The quantitative estimate of drug-likeness (QED) is 0.796. The van der Waals surface area contributed by atoms with E-state index < -0.39 is 17.9 Å². The fourth-order valence-corrected chi connectivity index (χ4v) is 2.29. The largest absolute Gasteiger partial charge is 0.433 e. The van der Waals surface area contributed by atoms with Crippen LogP contribution in [0.4, 0.5) is 19.0 Å². The average Bonchev–Trinajstić information content (AvgIpc) is 3.01. The number of alkyl halides is 3. The molecule has 0 aliphatic heterocycles. The molecule has 3 rings (SSSR count). The minimum atomic E-state index is -4.55. The molecule has 24 heavy (non-hydrogen) atoms. The first-order valence-corrected chi connectivity index (χ1v) is 7.02. The van der Waals surface area contributed by atoms with Crippen molar-refractivity contribution in [2.45, 2.75) is 19.1 Å². The van der Waals surface area contributed by atoms with Gasteiger partial charge in [-0.1, -0.05) is 0 Å². The zero-order chi connectivity index (χ0) is 17.3. The smallest absolute Gasteiger partial charge is 0.382 e. The summed E-state index contributed by atoms with van der Waals surface area (Å²) in [7, 11) is 0. The Morgan fingerprint density at radius 1 is 1.04 bits per heavy atom. The van der Waals surface area contributed by atoms with Crippen LogP contribution in [0.25, 0.3) is 11.4 Å². The van der Waals surface area contributed by atoms with Gasteiger partial charge in [-0.25, -0.2) is 0 Å². The number of rotatable bonds is 3. The fourth-order valence-electron chi connectivity index (χ4n) is 2.29. The van der Waals surface area contributed by atoms with E-state index in [1.807, 2.05) is 0 Å². The molecule has 0 aliphatic rings. The van der Waals surface area contributed by atoms with E-state index in [4.69, 9.17) is 5.73 Å². The molecule has 0 aromatic carbocycles. The number of nitrogens with two attached hydrogens (primary N) is 1. The maximum atomic E-state index is 13.4. The number of hydrogen-bond donors (Lipinski definition) is 1. The molecule has 0 aliphatic carbocycles. The lowest BCUT2D eigenvalue weighted by Crippen LogP contribution is -2.18. The van der Waals surface area contributed by atoms with Crippen LogP contribution in [0.1, 0.15) is 24.2 Å². The van der Waals surface area contributed by atoms with Crippen LogP contribution in [-0.4, -0.2) is 25.0 Å². The van der Waals surface area contributed by atoms with E-state index in [2.05, 4.69) is 20.3 Å². The second-order valence-corrected chi connectivity index (χ2v) is 5.16. The van der Waals surface area contributed by atoms with Crippen LogP contribution in [0, 0.1) is 0 Å². The number of anilines is 1. The Bertz CT molecular complexity index is 827. The lowest BCUT2D eigenvalue weighted by molar-refractivity contribution is -0.144. The molecule has 3 aromatic rings. The Hall–Kier alpha value is -2.97. The van der Waals surface area contributed by atoms with Gasteiger partial charge in [0.25, 0.3) is 0 Å². The lowest BCUT2D eigenvalue weighted by Gasteiger charge is -2.17. The monoisotopic (exact) mass is 334 g/mol. The molecular weight excluding hydrogens is 321 g/mol. The van der Waals surface area contributed by atoms with E-state index in [0.717, 1.165) is 10.7 Å². The highest BCUT2D eigenvalue weighted by Gasteiger charge is 2.37. The van der Waals surface area contributed by atoms with Crippen LogP contribution in [0.15, 0.2) is 42.7 Å².